The highest BCUT2D eigenvalue weighted by atomic mass is 19.1. The third-order valence-corrected chi connectivity index (χ3v) is 11.5. The van der Waals surface area contributed by atoms with Crippen molar-refractivity contribution in [3.05, 3.63) is 138 Å². The summed E-state index contributed by atoms with van der Waals surface area (Å²) in [6.45, 7) is 0. The van der Waals surface area contributed by atoms with Crippen LogP contribution in [-0.2, 0) is 5.41 Å². The number of nitrogens with zero attached hydrogens (tertiary/aromatic N) is 1. The molecule has 6 aliphatic rings. The maximum atomic E-state index is 14.3. The van der Waals surface area contributed by atoms with Gasteiger partial charge >= 0.3 is 0 Å². The lowest BCUT2D eigenvalue weighted by atomic mass is 9.42. The Hall–Kier alpha value is -3.91. The highest BCUT2D eigenvalue weighted by Gasteiger charge is 2.64. The molecule has 1 atom stereocenters. The van der Waals surface area contributed by atoms with Crippen molar-refractivity contribution in [2.24, 2.45) is 23.7 Å². The molecule has 2 heteroatoms. The average molecular weight is 550 g/mol. The number of allylic oxidation sites excluding steroid dienone is 4. The lowest BCUT2D eigenvalue weighted by molar-refractivity contribution is -0.0421. The smallest absolute Gasteiger partial charge is 0.123 e. The monoisotopic (exact) mass is 549 g/mol. The lowest BCUT2D eigenvalue weighted by Gasteiger charge is -2.62. The molecule has 4 aromatic rings. The summed E-state index contributed by atoms with van der Waals surface area (Å²) in [6, 6.07) is 33.7. The van der Waals surface area contributed by atoms with E-state index >= 15 is 0 Å². The van der Waals surface area contributed by atoms with Crippen molar-refractivity contribution in [3.63, 3.8) is 0 Å². The van der Waals surface area contributed by atoms with E-state index < -0.39 is 0 Å². The van der Waals surface area contributed by atoms with Gasteiger partial charge in [0.05, 0.1) is 5.69 Å². The second-order valence-corrected chi connectivity index (χ2v) is 13.5. The molecule has 4 saturated carbocycles. The molecule has 6 aliphatic carbocycles. The molecule has 10 rings (SSSR count). The van der Waals surface area contributed by atoms with Crippen molar-refractivity contribution in [3.8, 4) is 11.1 Å². The van der Waals surface area contributed by atoms with Crippen molar-refractivity contribution in [2.75, 3.05) is 4.90 Å². The van der Waals surface area contributed by atoms with Gasteiger partial charge in [-0.15, -0.1) is 0 Å². The van der Waals surface area contributed by atoms with Crippen LogP contribution in [0.5, 0.6) is 0 Å². The van der Waals surface area contributed by atoms with E-state index in [0.717, 1.165) is 29.6 Å². The van der Waals surface area contributed by atoms with Crippen LogP contribution in [0, 0.1) is 29.5 Å². The topological polar surface area (TPSA) is 3.24 Å². The molecular weight excluding hydrogens is 513 g/mol. The van der Waals surface area contributed by atoms with Crippen molar-refractivity contribution in [1.82, 2.24) is 0 Å². The van der Waals surface area contributed by atoms with Gasteiger partial charge in [0.25, 0.3) is 0 Å². The van der Waals surface area contributed by atoms with Gasteiger partial charge in [0, 0.05) is 22.7 Å². The molecule has 4 aromatic carbocycles. The average Bonchev–Trinajstić information content (AvgIpc) is 3.33. The number of fused-ring (bicyclic) bond motifs is 3. The Labute approximate surface area is 248 Å². The summed E-state index contributed by atoms with van der Waals surface area (Å²) in [6.07, 6.45) is 15.3. The Bertz CT molecular complexity index is 1680. The second kappa shape index (κ2) is 9.30. The van der Waals surface area contributed by atoms with Gasteiger partial charge in [-0.2, -0.15) is 0 Å². The van der Waals surface area contributed by atoms with Crippen LogP contribution in [0.4, 0.5) is 21.5 Å². The highest BCUT2D eigenvalue weighted by molar-refractivity contribution is 5.83. The van der Waals surface area contributed by atoms with Crippen LogP contribution in [0.1, 0.15) is 55.6 Å². The molecule has 4 bridgehead atoms. The minimum Gasteiger partial charge on any atom is -0.310 e. The molecule has 4 fully saturated rings. The van der Waals surface area contributed by atoms with E-state index in [-0.39, 0.29) is 11.2 Å². The Balaban J connectivity index is 1.26. The van der Waals surface area contributed by atoms with Crippen molar-refractivity contribution < 1.29 is 4.39 Å². The van der Waals surface area contributed by atoms with Crippen LogP contribution >= 0.6 is 0 Å². The summed E-state index contributed by atoms with van der Waals surface area (Å²) in [7, 11) is 0. The Morgan fingerprint density at radius 2 is 1.29 bits per heavy atom. The molecule has 0 radical (unpaired) electrons. The van der Waals surface area contributed by atoms with Gasteiger partial charge < -0.3 is 4.90 Å². The largest absolute Gasteiger partial charge is 0.310 e. The van der Waals surface area contributed by atoms with Gasteiger partial charge in [-0.05, 0) is 127 Å². The maximum Gasteiger partial charge on any atom is 0.123 e. The zero-order valence-corrected chi connectivity index (χ0v) is 23.9. The fraction of sp³-hybridized carbons (Fsp3) is 0.300. The summed E-state index contributed by atoms with van der Waals surface area (Å²) in [5.74, 6) is 3.52. The minimum absolute atomic E-state index is 0.108. The summed E-state index contributed by atoms with van der Waals surface area (Å²) < 4.78 is 14.3. The van der Waals surface area contributed by atoms with Crippen LogP contribution in [0.2, 0.25) is 0 Å². The number of hydrogen-bond donors (Lipinski definition) is 0. The van der Waals surface area contributed by atoms with Crippen LogP contribution in [-0.4, -0.2) is 0 Å². The molecule has 208 valence electrons. The molecule has 1 spiro atoms. The van der Waals surface area contributed by atoms with E-state index in [4.69, 9.17) is 0 Å². The van der Waals surface area contributed by atoms with E-state index in [0.29, 0.717) is 17.8 Å². The first-order valence-corrected chi connectivity index (χ1v) is 15.9. The molecule has 1 unspecified atom stereocenters. The number of anilines is 3. The second-order valence-electron chi connectivity index (χ2n) is 13.5. The zero-order chi connectivity index (χ0) is 27.8. The summed E-state index contributed by atoms with van der Waals surface area (Å²) in [5.41, 5.74) is 10.8. The van der Waals surface area contributed by atoms with Gasteiger partial charge in [-0.3, -0.25) is 0 Å². The Kier molecular flexibility index (Phi) is 5.46. The minimum atomic E-state index is -0.198. The van der Waals surface area contributed by atoms with Gasteiger partial charge in [0.15, 0.2) is 0 Å². The zero-order valence-electron chi connectivity index (χ0n) is 23.9. The van der Waals surface area contributed by atoms with E-state index in [1.54, 1.807) is 23.3 Å². The fourth-order valence-corrected chi connectivity index (χ4v) is 10.2. The Morgan fingerprint density at radius 1 is 0.643 bits per heavy atom. The van der Waals surface area contributed by atoms with Crippen LogP contribution in [0.3, 0.4) is 0 Å². The van der Waals surface area contributed by atoms with Gasteiger partial charge in [0.2, 0.25) is 0 Å². The molecule has 0 aromatic heterocycles. The van der Waals surface area contributed by atoms with Crippen molar-refractivity contribution >= 4 is 17.1 Å². The van der Waals surface area contributed by atoms with Crippen molar-refractivity contribution in [2.45, 2.75) is 49.9 Å². The molecule has 0 heterocycles. The lowest BCUT2D eigenvalue weighted by Crippen LogP contribution is -2.55. The summed E-state index contributed by atoms with van der Waals surface area (Å²) >= 11 is 0. The molecule has 1 nitrogen and oxygen atoms in total. The third-order valence-electron chi connectivity index (χ3n) is 11.5. The van der Waals surface area contributed by atoms with Crippen LogP contribution < -0.4 is 4.90 Å². The van der Waals surface area contributed by atoms with Gasteiger partial charge in [-0.25, -0.2) is 4.39 Å². The van der Waals surface area contributed by atoms with Crippen molar-refractivity contribution in [1.29, 1.82) is 0 Å². The fourth-order valence-electron chi connectivity index (χ4n) is 10.2. The number of hydrogen-bond acceptors (Lipinski definition) is 1. The molecule has 0 amide bonds. The first kappa shape index (κ1) is 24.7. The van der Waals surface area contributed by atoms with E-state index in [2.05, 4.69) is 95.9 Å². The van der Waals surface area contributed by atoms with Gasteiger partial charge in [-0.1, -0.05) is 78.4 Å². The molecule has 0 aliphatic heterocycles. The third kappa shape index (κ3) is 3.47. The number of benzene rings is 4. The van der Waals surface area contributed by atoms with Gasteiger partial charge in [0.1, 0.15) is 5.82 Å². The normalized spacial score (nSPS) is 29.8. The van der Waals surface area contributed by atoms with E-state index in [9.17, 15) is 4.39 Å². The van der Waals surface area contributed by atoms with E-state index in [1.165, 1.54) is 54.5 Å². The first-order chi connectivity index (χ1) is 20.7. The summed E-state index contributed by atoms with van der Waals surface area (Å²) in [4.78, 5) is 2.42. The first-order valence-electron chi connectivity index (χ1n) is 15.9. The van der Waals surface area contributed by atoms with Crippen LogP contribution in [0.25, 0.3) is 11.1 Å². The molecule has 0 saturated heterocycles. The maximum absolute atomic E-state index is 14.3. The number of rotatable bonds is 4. The quantitative estimate of drug-likeness (QED) is 0.245. The standard InChI is InChI=1S/C40H36FN/c41-32-15-19-34(20-16-32)42(33-17-13-29(14-18-33)28-7-2-1-3-8-28)38-12-6-10-36-35-9-4-5-11-37(35)40(39(36)38)30-22-26-21-27(24-30)25-31(40)23-26/h1-8,10-20,26-27,30-31,35H,9,21-25H2. The Morgan fingerprint density at radius 3 is 1.98 bits per heavy atom. The SMILES string of the molecule is Fc1ccc(N(c2ccc(-c3ccccc3)cc2)c2cccc3c2C2(C4=CC=CCC43)C3CC4CC(C3)CC2C4)cc1. The van der Waals surface area contributed by atoms with Crippen LogP contribution in [0.15, 0.2) is 121 Å². The molecule has 0 N–H and O–H groups in total. The predicted molar refractivity (Wildman–Crippen MR) is 170 cm³/mol. The van der Waals surface area contributed by atoms with E-state index in [1.807, 2.05) is 12.1 Å². The number of halogens is 1. The predicted octanol–water partition coefficient (Wildman–Crippen LogP) is 10.6. The summed E-state index contributed by atoms with van der Waals surface area (Å²) in [5, 5.41) is 0. The molecule has 42 heavy (non-hydrogen) atoms. The highest BCUT2D eigenvalue weighted by Crippen LogP contribution is 2.72. The molecular formula is C40H36FN.